The first-order chi connectivity index (χ1) is 11.8. The summed E-state index contributed by atoms with van der Waals surface area (Å²) in [4.78, 5) is 8.76. The van der Waals surface area contributed by atoms with Crippen LogP contribution in [0.15, 0.2) is 64.0 Å². The van der Waals surface area contributed by atoms with E-state index in [-0.39, 0.29) is 5.95 Å². The number of aromatic hydroxyl groups is 1. The van der Waals surface area contributed by atoms with Crippen molar-refractivity contribution in [1.82, 2.24) is 4.98 Å². The zero-order chi connectivity index (χ0) is 16.4. The van der Waals surface area contributed by atoms with Crippen LogP contribution in [0.25, 0.3) is 11.6 Å². The Morgan fingerprint density at radius 2 is 1.75 bits per heavy atom. The van der Waals surface area contributed by atoms with Gasteiger partial charge in [0, 0.05) is 23.8 Å². The Balaban J connectivity index is 1.54. The van der Waals surface area contributed by atoms with Crippen LogP contribution in [0, 0.1) is 0 Å². The van der Waals surface area contributed by atoms with Crippen molar-refractivity contribution >= 4 is 23.6 Å². The summed E-state index contributed by atoms with van der Waals surface area (Å²) >= 11 is 0. The molecule has 0 atom stereocenters. The van der Waals surface area contributed by atoms with Crippen molar-refractivity contribution in [3.63, 3.8) is 0 Å². The van der Waals surface area contributed by atoms with E-state index in [2.05, 4.69) is 22.1 Å². The van der Waals surface area contributed by atoms with Crippen LogP contribution in [0.3, 0.4) is 0 Å². The van der Waals surface area contributed by atoms with Gasteiger partial charge in [0.05, 0.1) is 5.69 Å². The molecule has 1 aliphatic rings. The third-order valence-corrected chi connectivity index (χ3v) is 4.00. The van der Waals surface area contributed by atoms with Gasteiger partial charge in [-0.3, -0.25) is 4.99 Å². The highest BCUT2D eigenvalue weighted by molar-refractivity contribution is 6.21. The normalized spacial score (nSPS) is 14.2. The average Bonchev–Trinajstić information content (AvgIpc) is 3.18. The molecule has 0 spiro atoms. The molecular formula is C20H16N2O2. The monoisotopic (exact) mass is 316 g/mol. The number of hydrogen-bond donors (Lipinski definition) is 1. The second kappa shape index (κ2) is 6.16. The maximum absolute atomic E-state index is 10.0. The van der Waals surface area contributed by atoms with Gasteiger partial charge < -0.3 is 9.52 Å². The van der Waals surface area contributed by atoms with Crippen LogP contribution < -0.4 is 0 Å². The minimum atomic E-state index is -0.150. The maximum atomic E-state index is 10.0. The molecule has 4 nitrogen and oxygen atoms in total. The number of aryl methyl sites for hydroxylation is 2. The summed E-state index contributed by atoms with van der Waals surface area (Å²) in [5, 5.41) is 10.0. The molecule has 0 aliphatic carbocycles. The van der Waals surface area contributed by atoms with E-state index >= 15 is 0 Å². The van der Waals surface area contributed by atoms with E-state index < -0.39 is 0 Å². The summed E-state index contributed by atoms with van der Waals surface area (Å²) in [5.74, 6) is 0.384. The second-order valence-corrected chi connectivity index (χ2v) is 5.66. The molecule has 0 saturated heterocycles. The summed E-state index contributed by atoms with van der Waals surface area (Å²) < 4.78 is 5.39. The number of oxazole rings is 1. The summed E-state index contributed by atoms with van der Waals surface area (Å²) in [6, 6.07) is 18.0. The molecule has 2 heterocycles. The Morgan fingerprint density at radius 3 is 2.62 bits per heavy atom. The van der Waals surface area contributed by atoms with Crippen molar-refractivity contribution in [2.24, 2.45) is 4.99 Å². The number of rotatable bonds is 4. The molecule has 0 saturated carbocycles. The number of para-hydroxylation sites is 1. The van der Waals surface area contributed by atoms with E-state index in [1.807, 2.05) is 42.5 Å². The fourth-order valence-electron chi connectivity index (χ4n) is 2.77. The van der Waals surface area contributed by atoms with Crippen molar-refractivity contribution in [3.05, 3.63) is 77.3 Å². The van der Waals surface area contributed by atoms with Crippen molar-refractivity contribution in [2.75, 3.05) is 0 Å². The lowest BCUT2D eigenvalue weighted by molar-refractivity contribution is 0.316. The number of allylic oxidation sites excluding steroid dienone is 1. The van der Waals surface area contributed by atoms with Gasteiger partial charge in [0.15, 0.2) is 5.89 Å². The maximum Gasteiger partial charge on any atom is 0.310 e. The zero-order valence-electron chi connectivity index (χ0n) is 13.0. The number of nitrogens with zero attached hydrogens (tertiary/aromatic N) is 2. The molecule has 1 N–H and O–H groups in total. The molecule has 4 heteroatoms. The van der Waals surface area contributed by atoms with Crippen LogP contribution in [0.1, 0.15) is 22.7 Å². The summed E-state index contributed by atoms with van der Waals surface area (Å²) in [7, 11) is 0. The van der Waals surface area contributed by atoms with Crippen LogP contribution in [0.2, 0.25) is 0 Å². The van der Waals surface area contributed by atoms with Crippen LogP contribution in [0.4, 0.5) is 5.69 Å². The topological polar surface area (TPSA) is 58.6 Å². The minimum Gasteiger partial charge on any atom is -0.479 e. The third kappa shape index (κ3) is 2.86. The Bertz CT molecular complexity index is 924. The van der Waals surface area contributed by atoms with Gasteiger partial charge in [0.25, 0.3) is 0 Å². The number of benzene rings is 2. The molecule has 0 bridgehead atoms. The van der Waals surface area contributed by atoms with E-state index in [0.717, 1.165) is 23.2 Å². The molecule has 0 amide bonds. The Morgan fingerprint density at radius 1 is 0.958 bits per heavy atom. The summed E-state index contributed by atoms with van der Waals surface area (Å²) in [6.45, 7) is 0. The number of aliphatic imine (C=N–C) groups is 1. The third-order valence-electron chi connectivity index (χ3n) is 4.00. The number of fused-ring (bicyclic) bond motifs is 1. The Kier molecular flexibility index (Phi) is 3.71. The SMILES string of the molecule is Oc1oc(CCc2ccccc2)nc1/C=C1/C=Nc2ccccc21. The number of hydrogen-bond acceptors (Lipinski definition) is 4. The molecule has 0 unspecified atom stereocenters. The van der Waals surface area contributed by atoms with Gasteiger partial charge in [-0.2, -0.15) is 0 Å². The van der Waals surface area contributed by atoms with Crippen LogP contribution in [0.5, 0.6) is 5.95 Å². The van der Waals surface area contributed by atoms with Gasteiger partial charge >= 0.3 is 5.95 Å². The number of aromatic nitrogens is 1. The van der Waals surface area contributed by atoms with Crippen LogP contribution >= 0.6 is 0 Å². The van der Waals surface area contributed by atoms with Crippen molar-refractivity contribution in [2.45, 2.75) is 12.8 Å². The summed E-state index contributed by atoms with van der Waals surface area (Å²) in [5.41, 5.74) is 4.54. The predicted octanol–water partition coefficient (Wildman–Crippen LogP) is 4.42. The Labute approximate surface area is 139 Å². The lowest BCUT2D eigenvalue weighted by atomic mass is 10.1. The van der Waals surface area contributed by atoms with Gasteiger partial charge in [0.1, 0.15) is 5.69 Å². The largest absolute Gasteiger partial charge is 0.479 e. The van der Waals surface area contributed by atoms with Gasteiger partial charge in [-0.1, -0.05) is 48.5 Å². The molecule has 0 fully saturated rings. The van der Waals surface area contributed by atoms with Crippen LogP contribution in [-0.4, -0.2) is 16.3 Å². The molecule has 4 rings (SSSR count). The fourth-order valence-corrected chi connectivity index (χ4v) is 2.77. The van der Waals surface area contributed by atoms with Gasteiger partial charge in [0.2, 0.25) is 0 Å². The molecular weight excluding hydrogens is 300 g/mol. The Hall–Kier alpha value is -3.14. The molecule has 3 aromatic rings. The smallest absolute Gasteiger partial charge is 0.310 e. The van der Waals surface area contributed by atoms with E-state index in [0.29, 0.717) is 18.0 Å². The minimum absolute atomic E-state index is 0.150. The van der Waals surface area contributed by atoms with E-state index in [1.165, 1.54) is 5.56 Å². The first kappa shape index (κ1) is 14.5. The molecule has 1 aromatic heterocycles. The zero-order valence-corrected chi connectivity index (χ0v) is 13.0. The highest BCUT2D eigenvalue weighted by atomic mass is 16.5. The molecule has 0 radical (unpaired) electrons. The highest BCUT2D eigenvalue weighted by Gasteiger charge is 2.15. The predicted molar refractivity (Wildman–Crippen MR) is 94.5 cm³/mol. The highest BCUT2D eigenvalue weighted by Crippen LogP contribution is 2.33. The first-order valence-corrected chi connectivity index (χ1v) is 7.87. The first-order valence-electron chi connectivity index (χ1n) is 7.87. The molecule has 118 valence electrons. The van der Waals surface area contributed by atoms with Crippen molar-refractivity contribution in [3.8, 4) is 5.95 Å². The van der Waals surface area contributed by atoms with E-state index in [4.69, 9.17) is 4.42 Å². The van der Waals surface area contributed by atoms with E-state index in [1.54, 1.807) is 12.3 Å². The van der Waals surface area contributed by atoms with E-state index in [9.17, 15) is 5.11 Å². The standard InChI is InChI=1S/C20H16N2O2/c23-20-18(12-15-13-21-17-9-5-4-8-16(15)17)22-19(24-20)11-10-14-6-2-1-3-7-14/h1-9,12-13,23H,10-11H2/b15-12-. The van der Waals surface area contributed by atoms with Crippen LogP contribution in [-0.2, 0) is 12.8 Å². The molecule has 2 aromatic carbocycles. The quantitative estimate of drug-likeness (QED) is 0.775. The average molecular weight is 316 g/mol. The summed E-state index contributed by atoms with van der Waals surface area (Å²) in [6.07, 6.45) is 5.05. The van der Waals surface area contributed by atoms with Gasteiger partial charge in [-0.25, -0.2) is 4.98 Å². The fraction of sp³-hybridized carbons (Fsp3) is 0.100. The lowest BCUT2D eigenvalue weighted by Crippen LogP contribution is -1.91. The molecule has 24 heavy (non-hydrogen) atoms. The van der Waals surface area contributed by atoms with Gasteiger partial charge in [-0.05, 0) is 24.1 Å². The van der Waals surface area contributed by atoms with Gasteiger partial charge in [-0.15, -0.1) is 0 Å². The second-order valence-electron chi connectivity index (χ2n) is 5.66. The van der Waals surface area contributed by atoms with Crippen molar-refractivity contribution < 1.29 is 9.52 Å². The van der Waals surface area contributed by atoms with Crippen molar-refractivity contribution in [1.29, 1.82) is 0 Å². The lowest BCUT2D eigenvalue weighted by Gasteiger charge is -1.97. The molecule has 1 aliphatic heterocycles.